The number of hydrogen-bond donors (Lipinski definition) is 2. The zero-order valence-electron chi connectivity index (χ0n) is 8.00. The van der Waals surface area contributed by atoms with E-state index in [4.69, 9.17) is 0 Å². The Bertz CT molecular complexity index is 596. The van der Waals surface area contributed by atoms with E-state index in [2.05, 4.69) is 19.9 Å². The predicted molar refractivity (Wildman–Crippen MR) is 51.7 cm³/mol. The van der Waals surface area contributed by atoms with E-state index < -0.39 is 11.6 Å². The molecule has 0 aliphatic carbocycles. The number of hydrogen-bond acceptors (Lipinski definition) is 4. The van der Waals surface area contributed by atoms with Crippen molar-refractivity contribution in [3.05, 3.63) is 16.7 Å². The highest BCUT2D eigenvalue weighted by atomic mass is 19.3. The van der Waals surface area contributed by atoms with Gasteiger partial charge in [-0.2, -0.15) is 4.98 Å². The summed E-state index contributed by atoms with van der Waals surface area (Å²) in [5, 5.41) is 0. The Hall–Kier alpha value is -1.99. The van der Waals surface area contributed by atoms with Gasteiger partial charge >= 0.3 is 5.69 Å². The number of aromatic nitrogens is 4. The summed E-state index contributed by atoms with van der Waals surface area (Å²) in [7, 11) is 0. The van der Waals surface area contributed by atoms with Crippen LogP contribution < -0.4 is 10.6 Å². The molecule has 3 heterocycles. The minimum absolute atomic E-state index is 0.202. The molecule has 84 valence electrons. The molecular formula is C8H7F2N5O. The Labute approximate surface area is 87.3 Å². The summed E-state index contributed by atoms with van der Waals surface area (Å²) >= 11 is 0. The van der Waals surface area contributed by atoms with Crippen LogP contribution in [0.25, 0.3) is 11.2 Å². The summed E-state index contributed by atoms with van der Waals surface area (Å²) in [4.78, 5) is 25.1. The van der Waals surface area contributed by atoms with Crippen molar-refractivity contribution in [1.82, 2.24) is 19.9 Å². The van der Waals surface area contributed by atoms with Crippen LogP contribution in [0.4, 0.5) is 14.7 Å². The maximum Gasteiger partial charge on any atom is 0.325 e. The molecule has 0 saturated carbocycles. The molecule has 0 amide bonds. The smallest absolute Gasteiger partial charge is 0.325 e. The fourth-order valence-corrected chi connectivity index (χ4v) is 1.63. The Morgan fingerprint density at radius 3 is 2.81 bits per heavy atom. The summed E-state index contributed by atoms with van der Waals surface area (Å²) in [6.45, 7) is -0.764. The van der Waals surface area contributed by atoms with E-state index in [0.717, 1.165) is 0 Å². The number of aromatic amines is 2. The van der Waals surface area contributed by atoms with Crippen LogP contribution in [0.3, 0.4) is 0 Å². The summed E-state index contributed by atoms with van der Waals surface area (Å²) in [6.07, 6.45) is 1.39. The summed E-state index contributed by atoms with van der Waals surface area (Å²) in [6, 6.07) is 0. The van der Waals surface area contributed by atoms with Crippen molar-refractivity contribution in [3.63, 3.8) is 0 Å². The molecule has 0 unspecified atom stereocenters. The van der Waals surface area contributed by atoms with E-state index in [1.807, 2.05) is 0 Å². The Balaban J connectivity index is 1.97. The van der Waals surface area contributed by atoms with Crippen molar-refractivity contribution in [2.45, 2.75) is 5.92 Å². The lowest BCUT2D eigenvalue weighted by Crippen LogP contribution is -2.57. The van der Waals surface area contributed by atoms with Crippen molar-refractivity contribution >= 4 is 17.1 Å². The molecule has 0 bridgehead atoms. The molecule has 0 spiro atoms. The molecule has 2 aromatic rings. The highest BCUT2D eigenvalue weighted by molar-refractivity contribution is 5.70. The minimum atomic E-state index is -2.66. The van der Waals surface area contributed by atoms with Gasteiger partial charge in [0.2, 0.25) is 5.95 Å². The third kappa shape index (κ3) is 1.34. The van der Waals surface area contributed by atoms with Gasteiger partial charge in [-0.1, -0.05) is 0 Å². The molecule has 16 heavy (non-hydrogen) atoms. The second-order valence-electron chi connectivity index (χ2n) is 3.72. The molecule has 1 saturated heterocycles. The Morgan fingerprint density at radius 2 is 2.12 bits per heavy atom. The first-order valence-corrected chi connectivity index (χ1v) is 4.61. The molecular weight excluding hydrogens is 220 g/mol. The third-order valence-electron chi connectivity index (χ3n) is 2.38. The van der Waals surface area contributed by atoms with Gasteiger partial charge in [0, 0.05) is 0 Å². The first-order chi connectivity index (χ1) is 7.53. The molecule has 2 N–H and O–H groups in total. The second-order valence-corrected chi connectivity index (χ2v) is 3.72. The van der Waals surface area contributed by atoms with Crippen molar-refractivity contribution in [2.24, 2.45) is 0 Å². The largest absolute Gasteiger partial charge is 0.329 e. The Morgan fingerprint density at radius 1 is 1.38 bits per heavy atom. The zero-order chi connectivity index (χ0) is 11.3. The number of fused-ring (bicyclic) bond motifs is 1. The molecule has 3 rings (SSSR count). The number of anilines is 1. The zero-order valence-corrected chi connectivity index (χ0v) is 8.00. The number of nitrogens with zero attached hydrogens (tertiary/aromatic N) is 3. The molecule has 2 aromatic heterocycles. The topological polar surface area (TPSA) is 77.7 Å². The Kier molecular flexibility index (Phi) is 1.60. The fourth-order valence-electron chi connectivity index (χ4n) is 1.63. The molecule has 0 aromatic carbocycles. The molecule has 8 heteroatoms. The standard InChI is InChI=1S/C8H7F2N5O/c9-8(10)2-15(3-8)6-11-1-4-5(13-6)14-7(16)12-4/h1H,2-3H2,(H2,11,12,13,14,16). The van der Waals surface area contributed by atoms with Gasteiger partial charge in [-0.05, 0) is 0 Å². The highest BCUT2D eigenvalue weighted by Gasteiger charge is 2.45. The van der Waals surface area contributed by atoms with Crippen LogP contribution >= 0.6 is 0 Å². The summed E-state index contributed by atoms with van der Waals surface area (Å²) in [5.41, 5.74) is 0.390. The van der Waals surface area contributed by atoms with Crippen LogP contribution in [0, 0.1) is 0 Å². The van der Waals surface area contributed by atoms with Crippen LogP contribution in [-0.2, 0) is 0 Å². The molecule has 0 radical (unpaired) electrons. The van der Waals surface area contributed by atoms with Gasteiger partial charge in [0.15, 0.2) is 5.65 Å². The normalized spacial score (nSPS) is 18.8. The van der Waals surface area contributed by atoms with E-state index in [1.54, 1.807) is 0 Å². The average Bonchev–Trinajstić information content (AvgIpc) is 2.52. The van der Waals surface area contributed by atoms with Gasteiger partial charge in [0.05, 0.1) is 19.3 Å². The lowest BCUT2D eigenvalue weighted by atomic mass is 10.2. The number of halogens is 2. The SMILES string of the molecule is O=c1[nH]c2cnc(N3CC(F)(F)C3)nc2[nH]1. The maximum absolute atomic E-state index is 12.6. The summed E-state index contributed by atoms with van der Waals surface area (Å²) < 4.78 is 25.3. The number of nitrogens with one attached hydrogen (secondary N) is 2. The number of imidazole rings is 1. The fraction of sp³-hybridized carbons (Fsp3) is 0.375. The van der Waals surface area contributed by atoms with E-state index in [9.17, 15) is 13.6 Å². The number of alkyl halides is 2. The van der Waals surface area contributed by atoms with Gasteiger partial charge in [-0.3, -0.25) is 4.98 Å². The second kappa shape index (κ2) is 2.77. The van der Waals surface area contributed by atoms with Gasteiger partial charge < -0.3 is 9.88 Å². The van der Waals surface area contributed by atoms with E-state index in [1.165, 1.54) is 11.1 Å². The van der Waals surface area contributed by atoms with Gasteiger partial charge in [0.1, 0.15) is 5.52 Å². The summed E-state index contributed by atoms with van der Waals surface area (Å²) in [5.74, 6) is -2.46. The van der Waals surface area contributed by atoms with E-state index >= 15 is 0 Å². The van der Waals surface area contributed by atoms with E-state index in [-0.39, 0.29) is 19.0 Å². The number of H-pyrrole nitrogens is 2. The molecule has 6 nitrogen and oxygen atoms in total. The van der Waals surface area contributed by atoms with Crippen LogP contribution in [0.1, 0.15) is 0 Å². The van der Waals surface area contributed by atoms with Crippen LogP contribution in [0.15, 0.2) is 11.0 Å². The van der Waals surface area contributed by atoms with Crippen molar-refractivity contribution < 1.29 is 8.78 Å². The van der Waals surface area contributed by atoms with Crippen LogP contribution in [-0.4, -0.2) is 38.9 Å². The van der Waals surface area contributed by atoms with Crippen LogP contribution in [0.5, 0.6) is 0 Å². The minimum Gasteiger partial charge on any atom is -0.329 e. The van der Waals surface area contributed by atoms with Gasteiger partial charge in [-0.25, -0.2) is 18.6 Å². The first kappa shape index (κ1) is 9.25. The third-order valence-corrected chi connectivity index (χ3v) is 2.38. The van der Waals surface area contributed by atoms with Crippen molar-refractivity contribution in [1.29, 1.82) is 0 Å². The monoisotopic (exact) mass is 227 g/mol. The lowest BCUT2D eigenvalue weighted by Gasteiger charge is -2.38. The molecule has 0 atom stereocenters. The highest BCUT2D eigenvalue weighted by Crippen LogP contribution is 2.29. The quantitative estimate of drug-likeness (QED) is 0.724. The number of rotatable bonds is 1. The maximum atomic E-state index is 12.6. The molecule has 1 aliphatic heterocycles. The average molecular weight is 227 g/mol. The first-order valence-electron chi connectivity index (χ1n) is 4.61. The molecule has 1 fully saturated rings. The van der Waals surface area contributed by atoms with Crippen molar-refractivity contribution in [2.75, 3.05) is 18.0 Å². The lowest BCUT2D eigenvalue weighted by molar-refractivity contribution is -0.0271. The van der Waals surface area contributed by atoms with E-state index in [0.29, 0.717) is 11.2 Å². The van der Waals surface area contributed by atoms with Crippen molar-refractivity contribution in [3.8, 4) is 0 Å². The van der Waals surface area contributed by atoms with Gasteiger partial charge in [-0.15, -0.1) is 0 Å². The molecule has 1 aliphatic rings. The van der Waals surface area contributed by atoms with Gasteiger partial charge in [0.25, 0.3) is 5.92 Å². The van der Waals surface area contributed by atoms with Crippen LogP contribution in [0.2, 0.25) is 0 Å². The predicted octanol–water partition coefficient (Wildman–Crippen LogP) is 0.101.